The summed E-state index contributed by atoms with van der Waals surface area (Å²) in [6.07, 6.45) is 5.86. The third-order valence-electron chi connectivity index (χ3n) is 4.52. The summed E-state index contributed by atoms with van der Waals surface area (Å²) in [6.45, 7) is 2.85. The number of benzene rings is 1. The number of nitrogens with zero attached hydrogens (tertiary/aromatic N) is 5. The molecular formula is C17H22ClN5O. The molecule has 2 aromatic rings. The van der Waals surface area contributed by atoms with E-state index in [1.165, 1.54) is 24.1 Å². The largest absolute Gasteiger partial charge is 0.338 e. The Morgan fingerprint density at radius 3 is 2.75 bits per heavy atom. The maximum absolute atomic E-state index is 12.6. The molecule has 128 valence electrons. The highest BCUT2D eigenvalue weighted by atomic mass is 35.5. The van der Waals surface area contributed by atoms with Crippen LogP contribution in [0.3, 0.4) is 0 Å². The minimum atomic E-state index is 0.0486. The molecule has 0 N–H and O–H groups in total. The molecule has 24 heavy (non-hydrogen) atoms. The Kier molecular flexibility index (Phi) is 5.45. The van der Waals surface area contributed by atoms with E-state index in [2.05, 4.69) is 15.4 Å². The van der Waals surface area contributed by atoms with Crippen molar-refractivity contribution in [1.82, 2.24) is 25.1 Å². The molecular weight excluding hydrogens is 326 g/mol. The van der Waals surface area contributed by atoms with Crippen LogP contribution >= 0.6 is 11.6 Å². The number of rotatable bonds is 5. The molecule has 1 aromatic carbocycles. The first kappa shape index (κ1) is 16.9. The molecule has 0 atom stereocenters. The van der Waals surface area contributed by atoms with Crippen LogP contribution in [0.5, 0.6) is 0 Å². The molecule has 1 fully saturated rings. The number of carbonyl (C=O) groups excluding carboxylic acids is 1. The minimum absolute atomic E-state index is 0.0486. The van der Waals surface area contributed by atoms with Gasteiger partial charge in [0.25, 0.3) is 0 Å². The van der Waals surface area contributed by atoms with Crippen molar-refractivity contribution in [1.29, 1.82) is 0 Å². The summed E-state index contributed by atoms with van der Waals surface area (Å²) in [5, 5.41) is 12.9. The SMILES string of the molecule is CCN(C(=O)Cn1nnc(-c2ccccc2Cl)n1)C1CCCCC1. The third-order valence-corrected chi connectivity index (χ3v) is 4.85. The first-order valence-corrected chi connectivity index (χ1v) is 8.89. The second-order valence-electron chi connectivity index (χ2n) is 6.09. The van der Waals surface area contributed by atoms with Gasteiger partial charge in [-0.2, -0.15) is 4.80 Å². The Morgan fingerprint density at radius 2 is 2.04 bits per heavy atom. The number of halogens is 1. The lowest BCUT2D eigenvalue weighted by molar-refractivity contribution is -0.135. The van der Waals surface area contributed by atoms with E-state index < -0.39 is 0 Å². The Bertz CT molecular complexity index is 696. The smallest absolute Gasteiger partial charge is 0.246 e. The van der Waals surface area contributed by atoms with Crippen molar-refractivity contribution >= 4 is 17.5 Å². The molecule has 1 amide bonds. The molecule has 3 rings (SSSR count). The van der Waals surface area contributed by atoms with Gasteiger partial charge in [-0.15, -0.1) is 10.2 Å². The van der Waals surface area contributed by atoms with Crippen LogP contribution in [0, 0.1) is 0 Å². The summed E-state index contributed by atoms with van der Waals surface area (Å²) in [4.78, 5) is 15.9. The molecule has 1 aliphatic carbocycles. The quantitative estimate of drug-likeness (QED) is 0.833. The normalized spacial score (nSPS) is 15.4. The number of hydrogen-bond donors (Lipinski definition) is 0. The lowest BCUT2D eigenvalue weighted by Crippen LogP contribution is -2.43. The molecule has 0 bridgehead atoms. The summed E-state index contributed by atoms with van der Waals surface area (Å²) >= 11 is 6.16. The lowest BCUT2D eigenvalue weighted by Gasteiger charge is -2.33. The van der Waals surface area contributed by atoms with Gasteiger partial charge in [0.1, 0.15) is 6.54 Å². The van der Waals surface area contributed by atoms with Gasteiger partial charge < -0.3 is 4.90 Å². The van der Waals surface area contributed by atoms with E-state index in [9.17, 15) is 4.79 Å². The Hall–Kier alpha value is -1.95. The maximum Gasteiger partial charge on any atom is 0.246 e. The maximum atomic E-state index is 12.6. The van der Waals surface area contributed by atoms with Gasteiger partial charge in [0.2, 0.25) is 11.7 Å². The summed E-state index contributed by atoms with van der Waals surface area (Å²) in [5.41, 5.74) is 0.720. The lowest BCUT2D eigenvalue weighted by atomic mass is 9.94. The fraction of sp³-hybridized carbons (Fsp3) is 0.529. The average molecular weight is 348 g/mol. The van der Waals surface area contributed by atoms with E-state index in [4.69, 9.17) is 11.6 Å². The average Bonchev–Trinajstić information content (AvgIpc) is 3.05. The van der Waals surface area contributed by atoms with Crippen LogP contribution in [0.25, 0.3) is 11.4 Å². The van der Waals surface area contributed by atoms with Crippen molar-refractivity contribution in [3.05, 3.63) is 29.3 Å². The molecule has 1 aliphatic rings. The second kappa shape index (κ2) is 7.75. The van der Waals surface area contributed by atoms with Crippen LogP contribution < -0.4 is 0 Å². The fourth-order valence-electron chi connectivity index (χ4n) is 3.30. The predicted molar refractivity (Wildman–Crippen MR) is 92.5 cm³/mol. The van der Waals surface area contributed by atoms with Gasteiger partial charge in [0, 0.05) is 18.2 Å². The van der Waals surface area contributed by atoms with Crippen LogP contribution in [-0.2, 0) is 11.3 Å². The number of likely N-dealkylation sites (N-methyl/N-ethyl adjacent to an activating group) is 1. The molecule has 0 saturated heterocycles. The summed E-state index contributed by atoms with van der Waals surface area (Å²) in [7, 11) is 0. The number of aromatic nitrogens is 4. The van der Waals surface area contributed by atoms with Crippen molar-refractivity contribution in [3.63, 3.8) is 0 Å². The Labute approximate surface area is 146 Å². The van der Waals surface area contributed by atoms with Crippen LogP contribution in [0.15, 0.2) is 24.3 Å². The molecule has 0 unspecified atom stereocenters. The third kappa shape index (κ3) is 3.75. The monoisotopic (exact) mass is 347 g/mol. The van der Waals surface area contributed by atoms with Gasteiger partial charge in [-0.05, 0) is 37.1 Å². The van der Waals surface area contributed by atoms with Gasteiger partial charge in [-0.3, -0.25) is 4.79 Å². The number of hydrogen-bond acceptors (Lipinski definition) is 4. The molecule has 1 aromatic heterocycles. The molecule has 7 heteroatoms. The molecule has 1 saturated carbocycles. The van der Waals surface area contributed by atoms with Crippen LogP contribution in [0.4, 0.5) is 0 Å². The van der Waals surface area contributed by atoms with Gasteiger partial charge in [-0.1, -0.05) is 43.0 Å². The first-order valence-electron chi connectivity index (χ1n) is 8.51. The Balaban J connectivity index is 1.69. The Morgan fingerprint density at radius 1 is 1.29 bits per heavy atom. The van der Waals surface area contributed by atoms with Crippen molar-refractivity contribution in [2.24, 2.45) is 0 Å². The molecule has 0 radical (unpaired) electrons. The van der Waals surface area contributed by atoms with Crippen LogP contribution in [-0.4, -0.2) is 43.6 Å². The van der Waals surface area contributed by atoms with E-state index in [1.54, 1.807) is 6.07 Å². The van der Waals surface area contributed by atoms with Gasteiger partial charge in [-0.25, -0.2) is 0 Å². The molecule has 6 nitrogen and oxygen atoms in total. The van der Waals surface area contributed by atoms with Gasteiger partial charge in [0.05, 0.1) is 5.02 Å². The van der Waals surface area contributed by atoms with E-state index in [1.807, 2.05) is 30.0 Å². The van der Waals surface area contributed by atoms with E-state index in [0.717, 1.165) is 24.9 Å². The standard InChI is InChI=1S/C17H22ClN5O/c1-2-22(13-8-4-3-5-9-13)16(24)12-23-20-17(19-21-23)14-10-6-7-11-15(14)18/h6-7,10-11,13H,2-5,8-9,12H2,1H3. The van der Waals surface area contributed by atoms with Crippen LogP contribution in [0.1, 0.15) is 39.0 Å². The van der Waals surface area contributed by atoms with Crippen molar-refractivity contribution in [3.8, 4) is 11.4 Å². The first-order chi connectivity index (χ1) is 11.7. The fourth-order valence-corrected chi connectivity index (χ4v) is 3.52. The molecule has 0 aliphatic heterocycles. The van der Waals surface area contributed by atoms with Crippen LogP contribution in [0.2, 0.25) is 5.02 Å². The summed E-state index contributed by atoms with van der Waals surface area (Å²) in [5.74, 6) is 0.488. The minimum Gasteiger partial charge on any atom is -0.338 e. The van der Waals surface area contributed by atoms with Gasteiger partial charge >= 0.3 is 0 Å². The number of carbonyl (C=O) groups is 1. The predicted octanol–water partition coefficient (Wildman–Crippen LogP) is 3.17. The van der Waals surface area contributed by atoms with Crippen molar-refractivity contribution in [2.45, 2.75) is 51.6 Å². The second-order valence-corrected chi connectivity index (χ2v) is 6.50. The highest BCUT2D eigenvalue weighted by molar-refractivity contribution is 6.33. The zero-order valence-corrected chi connectivity index (χ0v) is 14.6. The van der Waals surface area contributed by atoms with E-state index in [0.29, 0.717) is 16.9 Å². The van der Waals surface area contributed by atoms with Crippen molar-refractivity contribution < 1.29 is 4.79 Å². The highest BCUT2D eigenvalue weighted by Gasteiger charge is 2.24. The molecule has 1 heterocycles. The topological polar surface area (TPSA) is 63.9 Å². The van der Waals surface area contributed by atoms with Gasteiger partial charge in [0.15, 0.2) is 0 Å². The number of tetrazole rings is 1. The van der Waals surface area contributed by atoms with Crippen molar-refractivity contribution in [2.75, 3.05) is 6.54 Å². The molecule has 0 spiro atoms. The zero-order chi connectivity index (χ0) is 16.9. The van der Waals surface area contributed by atoms with E-state index in [-0.39, 0.29) is 12.5 Å². The summed E-state index contributed by atoms with van der Waals surface area (Å²) in [6, 6.07) is 7.69. The zero-order valence-electron chi connectivity index (χ0n) is 13.9. The van der Waals surface area contributed by atoms with E-state index >= 15 is 0 Å². The number of amides is 1. The summed E-state index contributed by atoms with van der Waals surface area (Å²) < 4.78 is 0. The highest BCUT2D eigenvalue weighted by Crippen LogP contribution is 2.24.